The van der Waals surface area contributed by atoms with Crippen LogP contribution in [0.4, 0.5) is 5.69 Å². The highest BCUT2D eigenvalue weighted by atomic mass is 32.2. The molecule has 0 bridgehead atoms. The van der Waals surface area contributed by atoms with Gasteiger partial charge in [0.2, 0.25) is 5.91 Å². The lowest BCUT2D eigenvalue weighted by Gasteiger charge is -2.11. The Kier molecular flexibility index (Phi) is 6.36. The zero-order valence-corrected chi connectivity index (χ0v) is 17.2. The molecular formula is C20H22N4O5S. The number of likely N-dealkylation sites (tertiary alicyclic amines) is 1. The predicted molar refractivity (Wildman–Crippen MR) is 112 cm³/mol. The van der Waals surface area contributed by atoms with E-state index in [1.165, 1.54) is 42.5 Å². The van der Waals surface area contributed by atoms with Gasteiger partial charge in [0.05, 0.1) is 4.90 Å². The van der Waals surface area contributed by atoms with Crippen molar-refractivity contribution < 1.29 is 22.7 Å². The average molecular weight is 430 g/mol. The summed E-state index contributed by atoms with van der Waals surface area (Å²) in [6.45, 7) is 0.482. The van der Waals surface area contributed by atoms with E-state index in [0.717, 1.165) is 13.0 Å². The van der Waals surface area contributed by atoms with Crippen molar-refractivity contribution in [2.24, 2.45) is 10.1 Å². The monoisotopic (exact) mass is 430 g/mol. The molecule has 2 aromatic carbocycles. The first kappa shape index (κ1) is 21.3. The smallest absolute Gasteiger partial charge is 0.284 e. The van der Waals surface area contributed by atoms with Crippen molar-refractivity contribution in [2.75, 3.05) is 25.5 Å². The van der Waals surface area contributed by atoms with E-state index < -0.39 is 21.8 Å². The molecule has 0 spiro atoms. The van der Waals surface area contributed by atoms with Crippen molar-refractivity contribution >= 4 is 33.4 Å². The molecule has 1 heterocycles. The number of anilines is 1. The summed E-state index contributed by atoms with van der Waals surface area (Å²) >= 11 is 0. The van der Waals surface area contributed by atoms with Crippen LogP contribution in [0.3, 0.4) is 0 Å². The van der Waals surface area contributed by atoms with Crippen molar-refractivity contribution in [1.29, 1.82) is 0 Å². The van der Waals surface area contributed by atoms with Crippen LogP contribution in [0.5, 0.6) is 5.75 Å². The molecule has 1 aliphatic heterocycles. The number of nitrogens with one attached hydrogen (secondary N) is 1. The summed E-state index contributed by atoms with van der Waals surface area (Å²) < 4.78 is 34.4. The topological polar surface area (TPSA) is 131 Å². The van der Waals surface area contributed by atoms with Gasteiger partial charge in [0, 0.05) is 31.3 Å². The van der Waals surface area contributed by atoms with Crippen molar-refractivity contribution in [2.45, 2.75) is 17.7 Å². The van der Waals surface area contributed by atoms with E-state index >= 15 is 0 Å². The summed E-state index contributed by atoms with van der Waals surface area (Å²) in [5.74, 6) is -0.104. The quantitative estimate of drug-likeness (QED) is 0.686. The molecule has 0 unspecified atom stereocenters. The first-order valence-electron chi connectivity index (χ1n) is 9.22. The van der Waals surface area contributed by atoms with E-state index in [9.17, 15) is 18.0 Å². The molecule has 0 aromatic heterocycles. The lowest BCUT2D eigenvalue weighted by molar-refractivity contribution is -0.118. The number of hydrogen-bond donors (Lipinski definition) is 2. The Labute approximate surface area is 174 Å². The van der Waals surface area contributed by atoms with Crippen LogP contribution in [-0.4, -0.2) is 51.2 Å². The van der Waals surface area contributed by atoms with Gasteiger partial charge in [-0.15, -0.1) is 4.40 Å². The van der Waals surface area contributed by atoms with Gasteiger partial charge >= 0.3 is 0 Å². The van der Waals surface area contributed by atoms with Gasteiger partial charge in [-0.3, -0.25) is 9.59 Å². The number of carbonyl (C=O) groups excluding carboxylic acids is 2. The lowest BCUT2D eigenvalue weighted by Crippen LogP contribution is -2.21. The highest BCUT2D eigenvalue weighted by molar-refractivity contribution is 7.90. The van der Waals surface area contributed by atoms with Crippen LogP contribution in [0.25, 0.3) is 0 Å². The van der Waals surface area contributed by atoms with Gasteiger partial charge in [-0.1, -0.05) is 6.07 Å². The van der Waals surface area contributed by atoms with Crippen LogP contribution < -0.4 is 15.8 Å². The number of amidine groups is 1. The summed E-state index contributed by atoms with van der Waals surface area (Å²) in [6.07, 6.45) is 1.48. The largest absolute Gasteiger partial charge is 0.484 e. The number of ether oxygens (including phenoxy) is 1. The minimum atomic E-state index is -3.88. The Morgan fingerprint density at radius 2 is 1.93 bits per heavy atom. The highest BCUT2D eigenvalue weighted by Crippen LogP contribution is 2.20. The summed E-state index contributed by atoms with van der Waals surface area (Å²) in [6, 6.07) is 11.9. The minimum Gasteiger partial charge on any atom is -0.484 e. The predicted octanol–water partition coefficient (Wildman–Crippen LogP) is 1.62. The Bertz CT molecular complexity index is 1080. The summed E-state index contributed by atoms with van der Waals surface area (Å²) in [4.78, 5) is 25.0. The summed E-state index contributed by atoms with van der Waals surface area (Å²) in [5, 5.41) is 2.60. The van der Waals surface area contributed by atoms with Crippen LogP contribution in [0.1, 0.15) is 23.2 Å². The maximum absolute atomic E-state index is 12.6. The van der Waals surface area contributed by atoms with Gasteiger partial charge in [-0.2, -0.15) is 8.42 Å². The fourth-order valence-corrected chi connectivity index (χ4v) is 4.04. The third-order valence-electron chi connectivity index (χ3n) is 4.48. The van der Waals surface area contributed by atoms with E-state index in [1.807, 2.05) is 4.90 Å². The molecule has 2 aromatic rings. The van der Waals surface area contributed by atoms with E-state index in [-0.39, 0.29) is 11.5 Å². The fraction of sp³-hybridized carbons (Fsp3) is 0.250. The standard InChI is InChI=1S/C20H22N4O5S/c1-24-11-3-6-18(24)23-30(27,28)17-5-2-4-15(12-17)22-19(25)13-29-16-9-7-14(8-10-16)20(21)26/h2,4-5,7-10,12H,3,6,11,13H2,1H3,(H2,21,26)(H,22,25)/b23-18+. The number of carbonyl (C=O) groups is 2. The minimum absolute atomic E-state index is 0.00365. The number of nitrogens with two attached hydrogens (primary N) is 1. The molecule has 10 heteroatoms. The first-order chi connectivity index (χ1) is 14.2. The number of hydrogen-bond acceptors (Lipinski definition) is 5. The lowest BCUT2D eigenvalue weighted by atomic mass is 10.2. The van der Waals surface area contributed by atoms with Crippen LogP contribution in [0.2, 0.25) is 0 Å². The summed E-state index contributed by atoms with van der Waals surface area (Å²) in [7, 11) is -2.07. The molecule has 1 fully saturated rings. The van der Waals surface area contributed by atoms with Crippen molar-refractivity contribution in [3.63, 3.8) is 0 Å². The number of sulfonamides is 1. The van der Waals surface area contributed by atoms with E-state index in [4.69, 9.17) is 10.5 Å². The van der Waals surface area contributed by atoms with Crippen molar-refractivity contribution in [3.05, 3.63) is 54.1 Å². The molecule has 0 saturated carbocycles. The SMILES string of the molecule is CN1CCC/C1=N\S(=O)(=O)c1cccc(NC(=O)COc2ccc(C(N)=O)cc2)c1. The van der Waals surface area contributed by atoms with Gasteiger partial charge < -0.3 is 20.7 Å². The summed E-state index contributed by atoms with van der Waals surface area (Å²) in [5.41, 5.74) is 5.81. The van der Waals surface area contributed by atoms with E-state index in [1.54, 1.807) is 13.1 Å². The third-order valence-corrected chi connectivity index (χ3v) is 5.79. The maximum Gasteiger partial charge on any atom is 0.284 e. The Morgan fingerprint density at radius 3 is 2.57 bits per heavy atom. The Balaban J connectivity index is 1.63. The second-order valence-electron chi connectivity index (χ2n) is 6.76. The average Bonchev–Trinajstić information content (AvgIpc) is 3.11. The number of benzene rings is 2. The van der Waals surface area contributed by atoms with Crippen molar-refractivity contribution in [3.8, 4) is 5.75 Å². The van der Waals surface area contributed by atoms with Crippen LogP contribution >= 0.6 is 0 Å². The van der Waals surface area contributed by atoms with Gasteiger partial charge in [0.25, 0.3) is 15.9 Å². The molecule has 0 aliphatic carbocycles. The van der Waals surface area contributed by atoms with Crippen molar-refractivity contribution in [1.82, 2.24) is 4.90 Å². The second kappa shape index (κ2) is 8.95. The number of amides is 2. The van der Waals surface area contributed by atoms with E-state index in [0.29, 0.717) is 29.3 Å². The molecule has 30 heavy (non-hydrogen) atoms. The zero-order chi connectivity index (χ0) is 21.7. The highest BCUT2D eigenvalue weighted by Gasteiger charge is 2.20. The zero-order valence-electron chi connectivity index (χ0n) is 16.4. The molecule has 1 aliphatic rings. The van der Waals surface area contributed by atoms with Gasteiger partial charge in [0.15, 0.2) is 6.61 Å². The molecular weight excluding hydrogens is 408 g/mol. The van der Waals surface area contributed by atoms with Gasteiger partial charge in [-0.25, -0.2) is 0 Å². The van der Waals surface area contributed by atoms with Crippen LogP contribution in [0, 0.1) is 0 Å². The van der Waals surface area contributed by atoms with Gasteiger partial charge in [0.1, 0.15) is 11.6 Å². The molecule has 3 rings (SSSR count). The first-order valence-corrected chi connectivity index (χ1v) is 10.7. The Morgan fingerprint density at radius 1 is 1.20 bits per heavy atom. The normalized spacial score (nSPS) is 15.2. The molecule has 158 valence electrons. The molecule has 2 amide bonds. The molecule has 3 N–H and O–H groups in total. The number of nitrogens with zero attached hydrogens (tertiary/aromatic N) is 2. The maximum atomic E-state index is 12.6. The molecule has 0 radical (unpaired) electrons. The fourth-order valence-electron chi connectivity index (χ4n) is 2.90. The van der Waals surface area contributed by atoms with Crippen LogP contribution in [-0.2, 0) is 14.8 Å². The molecule has 1 saturated heterocycles. The molecule has 0 atom stereocenters. The Hall–Kier alpha value is -3.40. The number of primary amides is 1. The van der Waals surface area contributed by atoms with Crippen LogP contribution in [0.15, 0.2) is 57.8 Å². The number of rotatable bonds is 7. The molecule has 9 nitrogen and oxygen atoms in total. The second-order valence-corrected chi connectivity index (χ2v) is 8.37. The van der Waals surface area contributed by atoms with Gasteiger partial charge in [-0.05, 0) is 48.9 Å². The third kappa shape index (κ3) is 5.35. The van der Waals surface area contributed by atoms with E-state index in [2.05, 4.69) is 9.71 Å².